The van der Waals surface area contributed by atoms with E-state index in [9.17, 15) is 19.2 Å². The van der Waals surface area contributed by atoms with Gasteiger partial charge in [0.25, 0.3) is 0 Å². The number of carbonyl (C=O) groups is 4. The van der Waals surface area contributed by atoms with E-state index in [4.69, 9.17) is 23.7 Å². The van der Waals surface area contributed by atoms with Crippen LogP contribution in [0.2, 0.25) is 0 Å². The molecule has 35 heavy (non-hydrogen) atoms. The summed E-state index contributed by atoms with van der Waals surface area (Å²) in [6.45, 7) is 0. The van der Waals surface area contributed by atoms with Crippen molar-refractivity contribution in [2.75, 3.05) is 41.8 Å². The summed E-state index contributed by atoms with van der Waals surface area (Å²) in [5, 5.41) is 0. The van der Waals surface area contributed by atoms with Gasteiger partial charge in [-0.2, -0.15) is 0 Å². The fourth-order valence-electron chi connectivity index (χ4n) is 2.45. The predicted molar refractivity (Wildman–Crippen MR) is 137 cm³/mol. The summed E-state index contributed by atoms with van der Waals surface area (Å²) in [7, 11) is 6.47. The van der Waals surface area contributed by atoms with Gasteiger partial charge in [-0.25, -0.2) is 0 Å². The molecule has 0 aromatic heterocycles. The SMILES string of the molecule is COC(=O)C1=C(C(=O)OC)SC(=C(/C=C/C2(SC)SC(C(=O)OC)=C(C(=O)OC)S2)[C](=[W])OC)S1. The van der Waals surface area contributed by atoms with Crippen LogP contribution in [0.4, 0.5) is 0 Å². The van der Waals surface area contributed by atoms with Crippen molar-refractivity contribution in [3.63, 3.8) is 0 Å². The van der Waals surface area contributed by atoms with Crippen molar-refractivity contribution in [2.24, 2.45) is 0 Å². The van der Waals surface area contributed by atoms with Crippen molar-refractivity contribution in [2.45, 2.75) is 3.41 Å². The zero-order chi connectivity index (χ0) is 26.3. The van der Waals surface area contributed by atoms with Crippen molar-refractivity contribution >= 4 is 86.8 Å². The molecule has 0 aromatic rings. The molecule has 190 valence electrons. The first-order chi connectivity index (χ1) is 16.6. The molecule has 0 radical (unpaired) electrons. The Labute approximate surface area is 234 Å². The van der Waals surface area contributed by atoms with Gasteiger partial charge in [-0.15, -0.1) is 0 Å². The Morgan fingerprint density at radius 3 is 1.49 bits per heavy atom. The average molecular weight is 749 g/mol. The molecule has 0 amide bonds. The van der Waals surface area contributed by atoms with Crippen LogP contribution in [-0.2, 0) is 62.2 Å². The van der Waals surface area contributed by atoms with Crippen molar-refractivity contribution in [3.8, 4) is 0 Å². The van der Waals surface area contributed by atoms with E-state index < -0.39 is 27.3 Å². The summed E-state index contributed by atoms with van der Waals surface area (Å²) in [6.07, 6.45) is 5.45. The topological polar surface area (TPSA) is 114 Å². The van der Waals surface area contributed by atoms with Crippen molar-refractivity contribution in [1.29, 1.82) is 0 Å². The molecule has 0 bridgehead atoms. The molecular formula is C20H20O9S5W. The van der Waals surface area contributed by atoms with Crippen molar-refractivity contribution in [3.05, 3.63) is 41.6 Å². The van der Waals surface area contributed by atoms with Gasteiger partial charge < -0.3 is 0 Å². The number of hydrogen-bond donors (Lipinski definition) is 0. The van der Waals surface area contributed by atoms with Crippen LogP contribution in [0.1, 0.15) is 0 Å². The average Bonchev–Trinajstić information content (AvgIpc) is 3.50. The van der Waals surface area contributed by atoms with Gasteiger partial charge in [0.1, 0.15) is 0 Å². The van der Waals surface area contributed by atoms with Gasteiger partial charge in [0.2, 0.25) is 0 Å². The van der Waals surface area contributed by atoms with Crippen molar-refractivity contribution < 1.29 is 62.2 Å². The monoisotopic (exact) mass is 748 g/mol. The molecule has 2 aliphatic rings. The van der Waals surface area contributed by atoms with Crippen LogP contribution < -0.4 is 0 Å². The number of hydrogen-bond acceptors (Lipinski definition) is 14. The molecule has 0 unspecified atom stereocenters. The number of rotatable bonds is 9. The van der Waals surface area contributed by atoms with Crippen LogP contribution in [0.15, 0.2) is 41.6 Å². The standard InChI is InChI=1S/C20H20O9S5.W/c1-25-9-10(19-31-11(15(21)26-2)12(32-19)16(22)27-3)7-8-20(30-6)33-13(17(23)28-4)14(34-20)18(24)29-5;/h7-8H,1-6H3;/b8-7+;. The second-order valence-electron chi connectivity index (χ2n) is 6.02. The number of methoxy groups -OCH3 is 5. The number of carbonyl (C=O) groups excluding carboxylic acids is 4. The van der Waals surface area contributed by atoms with Crippen LogP contribution in [0.25, 0.3) is 0 Å². The Hall–Kier alpha value is -0.892. The normalized spacial score (nSPS) is 17.0. The van der Waals surface area contributed by atoms with E-state index in [0.717, 1.165) is 42.9 Å². The van der Waals surface area contributed by atoms with Gasteiger partial charge in [0.05, 0.1) is 0 Å². The van der Waals surface area contributed by atoms with E-state index in [1.54, 1.807) is 6.08 Å². The van der Waals surface area contributed by atoms with Gasteiger partial charge >= 0.3 is 236 Å². The molecule has 0 atom stereocenters. The molecule has 15 heteroatoms. The Balaban J connectivity index is 2.50. The first-order valence-corrected chi connectivity index (χ1v) is 15.2. The molecule has 2 heterocycles. The minimum absolute atomic E-state index is 0.121. The quantitative estimate of drug-likeness (QED) is 0.254. The van der Waals surface area contributed by atoms with Gasteiger partial charge in [-0.05, 0) is 0 Å². The zero-order valence-electron chi connectivity index (χ0n) is 19.3. The summed E-state index contributed by atoms with van der Waals surface area (Å²) in [4.78, 5) is 49.7. The minimum atomic E-state index is -0.792. The summed E-state index contributed by atoms with van der Waals surface area (Å²) in [6, 6.07) is 0. The maximum absolute atomic E-state index is 12.3. The Bertz CT molecular complexity index is 1020. The Morgan fingerprint density at radius 2 is 1.14 bits per heavy atom. The third-order valence-corrected chi connectivity index (χ3v) is 12.9. The molecule has 0 spiro atoms. The van der Waals surface area contributed by atoms with Gasteiger partial charge in [0, 0.05) is 0 Å². The van der Waals surface area contributed by atoms with Crippen LogP contribution in [-0.4, -0.2) is 73.2 Å². The van der Waals surface area contributed by atoms with Gasteiger partial charge in [-0.1, -0.05) is 0 Å². The van der Waals surface area contributed by atoms with Crippen LogP contribution in [0, 0.1) is 0 Å². The zero-order valence-corrected chi connectivity index (χ0v) is 26.3. The third kappa shape index (κ3) is 6.91. The Morgan fingerprint density at radius 1 is 0.743 bits per heavy atom. The molecule has 0 aromatic carbocycles. The molecule has 0 saturated heterocycles. The summed E-state index contributed by atoms with van der Waals surface area (Å²) in [5.41, 5.74) is 0.638. The number of thioether (sulfide) groups is 5. The van der Waals surface area contributed by atoms with Gasteiger partial charge in [-0.3, -0.25) is 0 Å². The van der Waals surface area contributed by atoms with E-state index in [1.807, 2.05) is 12.3 Å². The van der Waals surface area contributed by atoms with E-state index in [2.05, 4.69) is 0 Å². The van der Waals surface area contributed by atoms with Crippen LogP contribution >= 0.6 is 58.8 Å². The molecule has 0 aliphatic carbocycles. The number of ether oxygens (including phenoxy) is 5. The predicted octanol–water partition coefficient (Wildman–Crippen LogP) is 3.17. The molecule has 0 saturated carbocycles. The Kier molecular flexibility index (Phi) is 11.8. The van der Waals surface area contributed by atoms with E-state index in [-0.39, 0.29) is 19.6 Å². The first kappa shape index (κ1) is 30.3. The van der Waals surface area contributed by atoms with E-state index in [0.29, 0.717) is 13.9 Å². The van der Waals surface area contributed by atoms with Crippen LogP contribution in [0.3, 0.4) is 0 Å². The van der Waals surface area contributed by atoms with Gasteiger partial charge in [0.15, 0.2) is 0 Å². The molecule has 0 fully saturated rings. The van der Waals surface area contributed by atoms with E-state index in [1.165, 1.54) is 70.8 Å². The third-order valence-electron chi connectivity index (χ3n) is 4.14. The summed E-state index contributed by atoms with van der Waals surface area (Å²) in [5.74, 6) is -2.57. The number of esters is 4. The summed E-state index contributed by atoms with van der Waals surface area (Å²) >= 11 is 6.92. The molecule has 9 nitrogen and oxygen atoms in total. The summed E-state index contributed by atoms with van der Waals surface area (Å²) < 4.78 is 25.3. The van der Waals surface area contributed by atoms with E-state index >= 15 is 0 Å². The molecule has 2 aliphatic heterocycles. The second kappa shape index (κ2) is 13.6. The fraction of sp³-hybridized carbons (Fsp3) is 0.350. The molecular weight excluding hydrogens is 728 g/mol. The first-order valence-electron chi connectivity index (χ1n) is 9.24. The molecule has 0 N–H and O–H groups in total. The maximum atomic E-state index is 12.3. The fourth-order valence-corrected chi connectivity index (χ4v) is 9.90. The van der Waals surface area contributed by atoms with Crippen molar-refractivity contribution in [1.82, 2.24) is 0 Å². The second-order valence-corrected chi connectivity index (χ2v) is 14.0. The molecule has 2 rings (SSSR count). The van der Waals surface area contributed by atoms with Crippen LogP contribution in [0.5, 0.6) is 0 Å².